The van der Waals surface area contributed by atoms with Gasteiger partial charge in [0.1, 0.15) is 0 Å². The van der Waals surface area contributed by atoms with Gasteiger partial charge in [0, 0.05) is 16.5 Å². The SMILES string of the molecule is Cc1cc(C(=O)C2CC2)ccc1Cl. The Kier molecular flexibility index (Phi) is 2.12. The van der Waals surface area contributed by atoms with Crippen molar-refractivity contribution < 1.29 is 4.79 Å². The van der Waals surface area contributed by atoms with Gasteiger partial charge in [0.15, 0.2) is 5.78 Å². The number of hydrogen-bond donors (Lipinski definition) is 0. The number of aryl methyl sites for hydroxylation is 1. The Bertz CT molecular complexity index is 353. The summed E-state index contributed by atoms with van der Waals surface area (Å²) in [5.41, 5.74) is 1.79. The fourth-order valence-corrected chi connectivity index (χ4v) is 1.50. The van der Waals surface area contributed by atoms with Crippen molar-refractivity contribution in [1.82, 2.24) is 0 Å². The Hall–Kier alpha value is -0.820. The van der Waals surface area contributed by atoms with Gasteiger partial charge in [0.05, 0.1) is 0 Å². The molecule has 13 heavy (non-hydrogen) atoms. The molecule has 1 aliphatic rings. The maximum absolute atomic E-state index is 11.6. The zero-order valence-corrected chi connectivity index (χ0v) is 8.27. The van der Waals surface area contributed by atoms with Crippen LogP contribution in [0.15, 0.2) is 18.2 Å². The molecular weight excluding hydrogens is 184 g/mol. The molecule has 0 unspecified atom stereocenters. The number of halogens is 1. The lowest BCUT2D eigenvalue weighted by Crippen LogP contribution is -2.01. The summed E-state index contributed by atoms with van der Waals surface area (Å²) in [5, 5.41) is 0.729. The Morgan fingerprint density at radius 3 is 2.69 bits per heavy atom. The van der Waals surface area contributed by atoms with Crippen LogP contribution in [-0.2, 0) is 0 Å². The van der Waals surface area contributed by atoms with E-state index in [4.69, 9.17) is 11.6 Å². The van der Waals surface area contributed by atoms with E-state index in [1.54, 1.807) is 6.07 Å². The van der Waals surface area contributed by atoms with Gasteiger partial charge in [-0.25, -0.2) is 0 Å². The first kappa shape index (κ1) is 8.76. The maximum atomic E-state index is 11.6. The highest BCUT2D eigenvalue weighted by atomic mass is 35.5. The van der Waals surface area contributed by atoms with E-state index >= 15 is 0 Å². The molecule has 1 aromatic carbocycles. The van der Waals surface area contributed by atoms with Gasteiger partial charge < -0.3 is 0 Å². The molecule has 1 fully saturated rings. The van der Waals surface area contributed by atoms with Crippen molar-refractivity contribution in [3.63, 3.8) is 0 Å². The third-order valence-corrected chi connectivity index (χ3v) is 2.81. The lowest BCUT2D eigenvalue weighted by atomic mass is 10.1. The molecule has 68 valence electrons. The van der Waals surface area contributed by atoms with Crippen LogP contribution in [0.3, 0.4) is 0 Å². The number of rotatable bonds is 2. The molecule has 0 N–H and O–H groups in total. The summed E-state index contributed by atoms with van der Waals surface area (Å²) in [4.78, 5) is 11.6. The van der Waals surface area contributed by atoms with Gasteiger partial charge in [-0.15, -0.1) is 0 Å². The molecule has 1 aromatic rings. The number of carbonyl (C=O) groups is 1. The van der Waals surface area contributed by atoms with E-state index in [9.17, 15) is 4.79 Å². The first-order valence-corrected chi connectivity index (χ1v) is 4.86. The summed E-state index contributed by atoms with van der Waals surface area (Å²) < 4.78 is 0. The zero-order valence-electron chi connectivity index (χ0n) is 7.51. The second kappa shape index (κ2) is 3.15. The van der Waals surface area contributed by atoms with Crippen molar-refractivity contribution in [2.75, 3.05) is 0 Å². The topological polar surface area (TPSA) is 17.1 Å². The molecule has 2 heteroatoms. The van der Waals surface area contributed by atoms with Crippen LogP contribution in [0.2, 0.25) is 5.02 Å². The molecule has 1 nitrogen and oxygen atoms in total. The number of Topliss-reactive ketones (excluding diaryl/α,β-unsaturated/α-hetero) is 1. The van der Waals surface area contributed by atoms with Gasteiger partial charge >= 0.3 is 0 Å². The molecule has 0 bridgehead atoms. The Balaban J connectivity index is 2.30. The highest BCUT2D eigenvalue weighted by Gasteiger charge is 2.30. The first-order valence-electron chi connectivity index (χ1n) is 4.49. The molecule has 2 rings (SSSR count). The Morgan fingerprint density at radius 2 is 2.15 bits per heavy atom. The molecule has 0 atom stereocenters. The predicted octanol–water partition coefficient (Wildman–Crippen LogP) is 3.24. The van der Waals surface area contributed by atoms with Gasteiger partial charge in [0.2, 0.25) is 0 Å². The second-order valence-electron chi connectivity index (χ2n) is 3.60. The van der Waals surface area contributed by atoms with Crippen molar-refractivity contribution >= 4 is 17.4 Å². The van der Waals surface area contributed by atoms with Gasteiger partial charge in [0.25, 0.3) is 0 Å². The zero-order chi connectivity index (χ0) is 9.42. The summed E-state index contributed by atoms with van der Waals surface area (Å²) >= 11 is 5.87. The summed E-state index contributed by atoms with van der Waals surface area (Å²) in [6, 6.07) is 5.49. The minimum atomic E-state index is 0.278. The summed E-state index contributed by atoms with van der Waals surface area (Å²) in [6.07, 6.45) is 2.11. The third-order valence-electron chi connectivity index (χ3n) is 2.39. The summed E-state index contributed by atoms with van der Waals surface area (Å²) in [7, 11) is 0. The fourth-order valence-electron chi connectivity index (χ4n) is 1.38. The number of benzene rings is 1. The van der Waals surface area contributed by atoms with Crippen LogP contribution in [0.5, 0.6) is 0 Å². The smallest absolute Gasteiger partial charge is 0.165 e. The maximum Gasteiger partial charge on any atom is 0.165 e. The van der Waals surface area contributed by atoms with Crippen molar-refractivity contribution in [1.29, 1.82) is 0 Å². The van der Waals surface area contributed by atoms with Crippen LogP contribution in [0, 0.1) is 12.8 Å². The average Bonchev–Trinajstić information content (AvgIpc) is 2.91. The second-order valence-corrected chi connectivity index (χ2v) is 4.01. The molecule has 0 radical (unpaired) electrons. The predicted molar refractivity (Wildman–Crippen MR) is 53.2 cm³/mol. The van der Waals surface area contributed by atoms with Crippen LogP contribution < -0.4 is 0 Å². The van der Waals surface area contributed by atoms with Crippen molar-refractivity contribution in [3.05, 3.63) is 34.3 Å². The van der Waals surface area contributed by atoms with E-state index in [0.29, 0.717) is 5.92 Å². The van der Waals surface area contributed by atoms with Gasteiger partial charge in [-0.1, -0.05) is 11.6 Å². The Morgan fingerprint density at radius 1 is 1.46 bits per heavy atom. The quantitative estimate of drug-likeness (QED) is 0.661. The van der Waals surface area contributed by atoms with Crippen molar-refractivity contribution in [2.24, 2.45) is 5.92 Å². The Labute approximate surface area is 82.7 Å². The van der Waals surface area contributed by atoms with Crippen LogP contribution in [0.1, 0.15) is 28.8 Å². The van der Waals surface area contributed by atoms with E-state index in [0.717, 1.165) is 29.0 Å². The standard InChI is InChI=1S/C11H11ClO/c1-7-6-9(4-5-10(7)12)11(13)8-2-3-8/h4-6,8H,2-3H2,1H3. The van der Waals surface area contributed by atoms with Crippen LogP contribution in [0.4, 0.5) is 0 Å². The van der Waals surface area contributed by atoms with E-state index in [1.807, 2.05) is 19.1 Å². The van der Waals surface area contributed by atoms with Crippen LogP contribution in [-0.4, -0.2) is 5.78 Å². The minimum absolute atomic E-state index is 0.278. The van der Waals surface area contributed by atoms with Crippen molar-refractivity contribution in [3.8, 4) is 0 Å². The summed E-state index contributed by atoms with van der Waals surface area (Å²) in [5.74, 6) is 0.570. The molecule has 0 heterocycles. The lowest BCUT2D eigenvalue weighted by Gasteiger charge is -2.01. The van der Waals surface area contributed by atoms with E-state index < -0.39 is 0 Å². The van der Waals surface area contributed by atoms with Crippen molar-refractivity contribution in [2.45, 2.75) is 19.8 Å². The molecule has 0 aliphatic heterocycles. The van der Waals surface area contributed by atoms with Crippen LogP contribution >= 0.6 is 11.6 Å². The van der Waals surface area contributed by atoms with Gasteiger partial charge in [-0.05, 0) is 43.5 Å². The number of ketones is 1. The fraction of sp³-hybridized carbons (Fsp3) is 0.364. The van der Waals surface area contributed by atoms with E-state index in [1.165, 1.54) is 0 Å². The highest BCUT2D eigenvalue weighted by molar-refractivity contribution is 6.31. The largest absolute Gasteiger partial charge is 0.294 e. The molecule has 0 spiro atoms. The minimum Gasteiger partial charge on any atom is -0.294 e. The van der Waals surface area contributed by atoms with Crippen LogP contribution in [0.25, 0.3) is 0 Å². The lowest BCUT2D eigenvalue weighted by molar-refractivity contribution is 0.0967. The number of hydrogen-bond acceptors (Lipinski definition) is 1. The highest BCUT2D eigenvalue weighted by Crippen LogP contribution is 2.33. The van der Waals surface area contributed by atoms with E-state index in [-0.39, 0.29) is 5.78 Å². The summed E-state index contributed by atoms with van der Waals surface area (Å²) in [6.45, 7) is 1.92. The van der Waals surface area contributed by atoms with E-state index in [2.05, 4.69) is 0 Å². The average molecular weight is 195 g/mol. The normalized spacial score (nSPS) is 15.8. The first-order chi connectivity index (χ1) is 6.18. The van der Waals surface area contributed by atoms with Gasteiger partial charge in [-0.2, -0.15) is 0 Å². The molecule has 0 amide bonds. The molecule has 0 aromatic heterocycles. The third kappa shape index (κ3) is 1.75. The molecular formula is C11H11ClO. The molecule has 0 saturated heterocycles. The number of carbonyl (C=O) groups excluding carboxylic acids is 1. The molecule has 1 saturated carbocycles. The monoisotopic (exact) mass is 194 g/mol. The molecule has 1 aliphatic carbocycles. The van der Waals surface area contributed by atoms with Gasteiger partial charge in [-0.3, -0.25) is 4.79 Å².